The minimum absolute atomic E-state index is 0.0139. The van der Waals surface area contributed by atoms with Gasteiger partial charge in [0.15, 0.2) is 0 Å². The Morgan fingerprint density at radius 3 is 2.69 bits per heavy atom. The molecule has 0 aliphatic carbocycles. The minimum Gasteiger partial charge on any atom is -0.481 e. The summed E-state index contributed by atoms with van der Waals surface area (Å²) in [5.74, 6) is -0.897. The number of carbonyl (C=O) groups is 2. The average molecular weight is 528 g/mol. The molecule has 3 heterocycles. The molecule has 2 aliphatic heterocycles. The van der Waals surface area contributed by atoms with Crippen molar-refractivity contribution in [2.24, 2.45) is 0 Å². The molecule has 1 saturated heterocycles. The first-order valence-corrected chi connectivity index (χ1v) is 13.7. The van der Waals surface area contributed by atoms with Crippen molar-refractivity contribution in [2.75, 3.05) is 25.2 Å². The number of hydrogen-bond acceptors (Lipinski definition) is 5. The summed E-state index contributed by atoms with van der Waals surface area (Å²) in [6, 6.07) is 17.9. The van der Waals surface area contributed by atoms with E-state index < -0.39 is 11.9 Å². The lowest BCUT2D eigenvalue weighted by Crippen LogP contribution is -2.42. The van der Waals surface area contributed by atoms with Crippen molar-refractivity contribution in [1.29, 1.82) is 0 Å². The van der Waals surface area contributed by atoms with Crippen LogP contribution in [0.5, 0.6) is 0 Å². The summed E-state index contributed by atoms with van der Waals surface area (Å²) in [5.41, 5.74) is 4.36. The Kier molecular flexibility index (Phi) is 6.73. The van der Waals surface area contributed by atoms with Gasteiger partial charge in [-0.05, 0) is 61.1 Å². The van der Waals surface area contributed by atoms with Crippen molar-refractivity contribution >= 4 is 39.6 Å². The molecule has 0 saturated carbocycles. The fourth-order valence-electron chi connectivity index (χ4n) is 6.26. The van der Waals surface area contributed by atoms with E-state index in [1.807, 2.05) is 61.5 Å². The standard InChI is InChI=1S/C31H33N3O5/c1-19-9-12-24-26(33(19)31(37)38-2)13-14-27-29(24)32-28(34(27)23-8-5-15-39-18-23)17-25(30(35)36)22-11-10-20-6-3-4-7-21(20)16-22/h3-4,6-7,10-11,13-14,16,19,23,25H,5,8-9,12,15,17-18H2,1-2H3,(H,35,36)/t19-,23-,25?/m0/s1. The van der Waals surface area contributed by atoms with Gasteiger partial charge in [-0.15, -0.1) is 0 Å². The number of imidazole rings is 1. The second kappa shape index (κ2) is 10.3. The van der Waals surface area contributed by atoms with Crippen LogP contribution in [-0.2, 0) is 27.1 Å². The van der Waals surface area contributed by atoms with Gasteiger partial charge < -0.3 is 19.1 Å². The van der Waals surface area contributed by atoms with Crippen molar-refractivity contribution in [1.82, 2.24) is 9.55 Å². The third kappa shape index (κ3) is 4.52. The number of carboxylic acid groups (broad SMARTS) is 1. The summed E-state index contributed by atoms with van der Waals surface area (Å²) in [6.45, 7) is 3.32. The van der Waals surface area contributed by atoms with Crippen LogP contribution in [0.2, 0.25) is 0 Å². The number of nitrogens with zero attached hydrogens (tertiary/aromatic N) is 3. The number of hydrogen-bond donors (Lipinski definition) is 1. The first kappa shape index (κ1) is 25.4. The van der Waals surface area contributed by atoms with Gasteiger partial charge in [0, 0.05) is 24.6 Å². The number of rotatable bonds is 5. The highest BCUT2D eigenvalue weighted by atomic mass is 16.5. The molecule has 1 unspecified atom stereocenters. The summed E-state index contributed by atoms with van der Waals surface area (Å²) in [6.07, 6.45) is 3.33. The Hall–Kier alpha value is -3.91. The van der Waals surface area contributed by atoms with Crippen molar-refractivity contribution in [3.05, 3.63) is 71.5 Å². The number of benzene rings is 3. The molecule has 1 aromatic heterocycles. The van der Waals surface area contributed by atoms with E-state index in [-0.39, 0.29) is 24.6 Å². The van der Waals surface area contributed by atoms with Crippen molar-refractivity contribution in [2.45, 2.75) is 57.0 Å². The number of methoxy groups -OCH3 is 1. The van der Waals surface area contributed by atoms with Gasteiger partial charge in [0.05, 0.1) is 42.4 Å². The summed E-state index contributed by atoms with van der Waals surface area (Å²) in [4.78, 5) is 32.1. The molecule has 3 aromatic carbocycles. The topological polar surface area (TPSA) is 93.9 Å². The SMILES string of the molecule is COC(=O)N1c2ccc3c(nc(CC(C(=O)O)c4ccc5ccccc5c4)n3[C@H]3CCCOC3)c2CC[C@@H]1C. The molecule has 202 valence electrons. The van der Waals surface area contributed by atoms with Crippen LogP contribution in [0.25, 0.3) is 21.8 Å². The Morgan fingerprint density at radius 2 is 1.95 bits per heavy atom. The number of anilines is 1. The highest BCUT2D eigenvalue weighted by molar-refractivity contribution is 5.95. The molecule has 4 aromatic rings. The molecule has 1 amide bonds. The molecule has 8 heteroatoms. The highest BCUT2D eigenvalue weighted by Gasteiger charge is 2.33. The molecule has 1 fully saturated rings. The zero-order chi connectivity index (χ0) is 27.1. The zero-order valence-corrected chi connectivity index (χ0v) is 22.3. The maximum absolute atomic E-state index is 12.7. The number of aryl methyl sites for hydroxylation is 1. The van der Waals surface area contributed by atoms with Crippen LogP contribution in [-0.4, -0.2) is 53.1 Å². The van der Waals surface area contributed by atoms with E-state index in [4.69, 9.17) is 14.5 Å². The van der Waals surface area contributed by atoms with E-state index in [2.05, 4.69) is 4.57 Å². The molecule has 0 bridgehead atoms. The van der Waals surface area contributed by atoms with Crippen LogP contribution in [0.3, 0.4) is 0 Å². The van der Waals surface area contributed by atoms with E-state index in [1.54, 1.807) is 4.90 Å². The van der Waals surface area contributed by atoms with Crippen molar-refractivity contribution < 1.29 is 24.2 Å². The second-order valence-corrected chi connectivity index (χ2v) is 10.6. The molecule has 3 atom stereocenters. The average Bonchev–Trinajstić information content (AvgIpc) is 3.34. The van der Waals surface area contributed by atoms with Gasteiger partial charge in [-0.3, -0.25) is 9.69 Å². The predicted molar refractivity (Wildman–Crippen MR) is 150 cm³/mol. The number of amides is 1. The summed E-state index contributed by atoms with van der Waals surface area (Å²) in [7, 11) is 1.40. The van der Waals surface area contributed by atoms with E-state index in [9.17, 15) is 14.7 Å². The number of carbonyl (C=O) groups excluding carboxylic acids is 1. The minimum atomic E-state index is -0.878. The molecule has 6 rings (SSSR count). The summed E-state index contributed by atoms with van der Waals surface area (Å²) >= 11 is 0. The highest BCUT2D eigenvalue weighted by Crippen LogP contribution is 2.39. The molecule has 2 aliphatic rings. The zero-order valence-electron chi connectivity index (χ0n) is 22.3. The fraction of sp³-hybridized carbons (Fsp3) is 0.387. The third-order valence-corrected chi connectivity index (χ3v) is 8.26. The van der Waals surface area contributed by atoms with Gasteiger partial charge in [0.2, 0.25) is 0 Å². The van der Waals surface area contributed by atoms with Crippen LogP contribution in [0.1, 0.15) is 55.1 Å². The maximum atomic E-state index is 12.7. The normalized spacial score (nSPS) is 20.1. The lowest BCUT2D eigenvalue weighted by atomic mass is 9.93. The quantitative estimate of drug-likeness (QED) is 0.349. The van der Waals surface area contributed by atoms with E-state index in [0.717, 1.165) is 76.7 Å². The largest absolute Gasteiger partial charge is 0.481 e. The molecule has 0 radical (unpaired) electrons. The predicted octanol–water partition coefficient (Wildman–Crippen LogP) is 5.86. The van der Waals surface area contributed by atoms with Crippen molar-refractivity contribution in [3.8, 4) is 0 Å². The van der Waals surface area contributed by atoms with Gasteiger partial charge >= 0.3 is 12.1 Å². The molecule has 8 nitrogen and oxygen atoms in total. The molecule has 0 spiro atoms. The first-order chi connectivity index (χ1) is 19.0. The van der Waals surface area contributed by atoms with Gasteiger partial charge in [0.1, 0.15) is 5.82 Å². The molecular weight excluding hydrogens is 494 g/mol. The summed E-state index contributed by atoms with van der Waals surface area (Å²) < 4.78 is 13.1. The Balaban J connectivity index is 1.48. The lowest BCUT2D eigenvalue weighted by Gasteiger charge is -2.34. The van der Waals surface area contributed by atoms with Crippen LogP contribution in [0, 0.1) is 0 Å². The van der Waals surface area contributed by atoms with Gasteiger partial charge in [0.25, 0.3) is 0 Å². The van der Waals surface area contributed by atoms with Gasteiger partial charge in [-0.25, -0.2) is 9.78 Å². The van der Waals surface area contributed by atoms with Crippen molar-refractivity contribution in [3.63, 3.8) is 0 Å². The number of ether oxygens (including phenoxy) is 2. The van der Waals surface area contributed by atoms with E-state index in [0.29, 0.717) is 6.61 Å². The number of aromatic nitrogens is 2. The number of carboxylic acids is 1. The van der Waals surface area contributed by atoms with E-state index in [1.165, 1.54) is 7.11 Å². The second-order valence-electron chi connectivity index (χ2n) is 10.6. The smallest absolute Gasteiger partial charge is 0.414 e. The number of aliphatic carboxylic acids is 1. The van der Waals surface area contributed by atoms with Crippen LogP contribution in [0.4, 0.5) is 10.5 Å². The summed E-state index contributed by atoms with van der Waals surface area (Å²) in [5, 5.41) is 12.5. The van der Waals surface area contributed by atoms with E-state index >= 15 is 0 Å². The van der Waals surface area contributed by atoms with Gasteiger partial charge in [-0.1, -0.05) is 42.5 Å². The fourth-order valence-corrected chi connectivity index (χ4v) is 6.26. The Morgan fingerprint density at radius 1 is 1.13 bits per heavy atom. The first-order valence-electron chi connectivity index (χ1n) is 13.7. The lowest BCUT2D eigenvalue weighted by molar-refractivity contribution is -0.138. The van der Waals surface area contributed by atoms with Crippen LogP contribution >= 0.6 is 0 Å². The van der Waals surface area contributed by atoms with Crippen LogP contribution in [0.15, 0.2) is 54.6 Å². The maximum Gasteiger partial charge on any atom is 0.414 e. The molecule has 1 N–H and O–H groups in total. The Labute approximate surface area is 227 Å². The van der Waals surface area contributed by atoms with Gasteiger partial charge in [-0.2, -0.15) is 0 Å². The molecule has 39 heavy (non-hydrogen) atoms. The number of fused-ring (bicyclic) bond motifs is 4. The Bertz CT molecular complexity index is 1550. The van der Waals surface area contributed by atoms with Crippen LogP contribution < -0.4 is 4.90 Å². The third-order valence-electron chi connectivity index (χ3n) is 8.26. The monoisotopic (exact) mass is 527 g/mol. The molecular formula is C31H33N3O5.